The number of hydrogen-bond donors (Lipinski definition) is 1. The summed E-state index contributed by atoms with van der Waals surface area (Å²) in [4.78, 5) is 6.95. The van der Waals surface area contributed by atoms with Crippen LogP contribution in [0.2, 0.25) is 0 Å². The predicted octanol–water partition coefficient (Wildman–Crippen LogP) is 3.04. The molecule has 0 unspecified atom stereocenters. The number of oxazole rings is 1. The van der Waals surface area contributed by atoms with Crippen LogP contribution in [0.5, 0.6) is 0 Å². The van der Waals surface area contributed by atoms with Crippen molar-refractivity contribution >= 4 is 17.1 Å². The maximum absolute atomic E-state index is 5.93. The fraction of sp³-hybridized carbons (Fsp3) is 0.562. The lowest BCUT2D eigenvalue weighted by atomic mass is 9.97. The van der Waals surface area contributed by atoms with Crippen LogP contribution in [-0.4, -0.2) is 30.7 Å². The van der Waals surface area contributed by atoms with Crippen LogP contribution in [0.4, 0.5) is 6.01 Å². The smallest absolute Gasteiger partial charge is 0.298 e. The third-order valence-electron chi connectivity index (χ3n) is 4.07. The second-order valence-electron chi connectivity index (χ2n) is 5.90. The fourth-order valence-electron chi connectivity index (χ4n) is 2.84. The first kappa shape index (κ1) is 13.4. The fourth-order valence-corrected chi connectivity index (χ4v) is 2.84. The van der Waals surface area contributed by atoms with E-state index in [2.05, 4.69) is 29.0 Å². The molecule has 0 amide bonds. The summed E-state index contributed by atoms with van der Waals surface area (Å²) in [6.45, 7) is 7.70. The lowest BCUT2D eigenvalue weighted by Gasteiger charge is -2.31. The van der Waals surface area contributed by atoms with E-state index in [9.17, 15) is 0 Å². The molecule has 4 nitrogen and oxygen atoms in total. The van der Waals surface area contributed by atoms with Gasteiger partial charge in [0, 0.05) is 12.6 Å². The average Bonchev–Trinajstić information content (AvgIpc) is 2.89. The summed E-state index contributed by atoms with van der Waals surface area (Å²) in [6, 6.07) is 9.14. The summed E-state index contributed by atoms with van der Waals surface area (Å²) in [7, 11) is 0. The molecule has 1 aromatic heterocycles. The van der Waals surface area contributed by atoms with Gasteiger partial charge >= 0.3 is 0 Å². The molecule has 1 aliphatic rings. The minimum absolute atomic E-state index is 0.401. The first-order valence-corrected chi connectivity index (χ1v) is 7.57. The van der Waals surface area contributed by atoms with Gasteiger partial charge in [0.2, 0.25) is 0 Å². The molecule has 108 valence electrons. The molecule has 0 atom stereocenters. The van der Waals surface area contributed by atoms with E-state index in [1.807, 2.05) is 24.3 Å². The molecule has 20 heavy (non-hydrogen) atoms. The number of fused-ring (bicyclic) bond motifs is 1. The van der Waals surface area contributed by atoms with Crippen LogP contribution in [0.15, 0.2) is 28.7 Å². The van der Waals surface area contributed by atoms with Crippen molar-refractivity contribution in [1.82, 2.24) is 10.3 Å². The predicted molar refractivity (Wildman–Crippen MR) is 82.1 cm³/mol. The first-order chi connectivity index (χ1) is 9.74. The number of nitrogens with zero attached hydrogens (tertiary/aromatic N) is 2. The van der Waals surface area contributed by atoms with E-state index in [1.165, 1.54) is 12.8 Å². The highest BCUT2D eigenvalue weighted by Gasteiger charge is 2.22. The molecule has 0 aliphatic carbocycles. The molecule has 1 aliphatic heterocycles. The van der Waals surface area contributed by atoms with Crippen molar-refractivity contribution in [2.75, 3.05) is 24.5 Å². The summed E-state index contributed by atoms with van der Waals surface area (Å²) >= 11 is 0. The molecule has 4 heteroatoms. The molecule has 1 aromatic carbocycles. The van der Waals surface area contributed by atoms with E-state index >= 15 is 0 Å². The SMILES string of the molecule is CC(C)N(CC1CCNCC1)c1nc2ccccc2o1. The molecular formula is C16H23N3O. The summed E-state index contributed by atoms with van der Waals surface area (Å²) in [5.74, 6) is 0.730. The van der Waals surface area contributed by atoms with Crippen LogP contribution in [0, 0.1) is 5.92 Å². The minimum atomic E-state index is 0.401. The molecule has 1 N–H and O–H groups in total. The van der Waals surface area contributed by atoms with E-state index in [-0.39, 0.29) is 0 Å². The largest absolute Gasteiger partial charge is 0.423 e. The Bertz CT molecular complexity index is 525. The van der Waals surface area contributed by atoms with Crippen molar-refractivity contribution < 1.29 is 4.42 Å². The van der Waals surface area contributed by atoms with E-state index in [0.717, 1.165) is 42.7 Å². The Hall–Kier alpha value is -1.55. The van der Waals surface area contributed by atoms with Gasteiger partial charge in [-0.15, -0.1) is 0 Å². The maximum Gasteiger partial charge on any atom is 0.298 e. The Morgan fingerprint density at radius 1 is 1.30 bits per heavy atom. The van der Waals surface area contributed by atoms with E-state index in [1.54, 1.807) is 0 Å². The number of rotatable bonds is 4. The number of nitrogens with one attached hydrogen (secondary N) is 1. The van der Waals surface area contributed by atoms with Crippen molar-refractivity contribution in [3.8, 4) is 0 Å². The van der Waals surface area contributed by atoms with Crippen LogP contribution in [0.1, 0.15) is 26.7 Å². The Labute approximate surface area is 120 Å². The lowest BCUT2D eigenvalue weighted by Crippen LogP contribution is -2.39. The van der Waals surface area contributed by atoms with E-state index in [4.69, 9.17) is 4.42 Å². The topological polar surface area (TPSA) is 41.3 Å². The zero-order chi connectivity index (χ0) is 13.9. The van der Waals surface area contributed by atoms with Gasteiger partial charge in [-0.05, 0) is 57.8 Å². The number of hydrogen-bond acceptors (Lipinski definition) is 4. The lowest BCUT2D eigenvalue weighted by molar-refractivity contribution is 0.359. The van der Waals surface area contributed by atoms with Gasteiger partial charge in [0.15, 0.2) is 5.58 Å². The van der Waals surface area contributed by atoms with Gasteiger partial charge in [0.25, 0.3) is 6.01 Å². The number of aromatic nitrogens is 1. The standard InChI is InChI=1S/C16H23N3O/c1-12(2)19(11-13-7-9-17-10-8-13)16-18-14-5-3-4-6-15(14)20-16/h3-6,12-13,17H,7-11H2,1-2H3. The second-order valence-corrected chi connectivity index (χ2v) is 5.90. The molecule has 1 fully saturated rings. The third-order valence-corrected chi connectivity index (χ3v) is 4.07. The molecule has 1 saturated heterocycles. The number of para-hydroxylation sites is 2. The zero-order valence-corrected chi connectivity index (χ0v) is 12.3. The van der Waals surface area contributed by atoms with Crippen molar-refractivity contribution in [2.24, 2.45) is 5.92 Å². The Balaban J connectivity index is 1.81. The monoisotopic (exact) mass is 273 g/mol. The summed E-state index contributed by atoms with van der Waals surface area (Å²) in [6.07, 6.45) is 2.48. The van der Waals surface area contributed by atoms with E-state index in [0.29, 0.717) is 6.04 Å². The molecule has 0 saturated carbocycles. The quantitative estimate of drug-likeness (QED) is 0.929. The Morgan fingerprint density at radius 2 is 2.05 bits per heavy atom. The highest BCUT2D eigenvalue weighted by atomic mass is 16.4. The summed E-state index contributed by atoms with van der Waals surface area (Å²) in [5.41, 5.74) is 1.82. The number of benzene rings is 1. The molecule has 2 heterocycles. The van der Waals surface area contributed by atoms with Crippen LogP contribution in [0.3, 0.4) is 0 Å². The average molecular weight is 273 g/mol. The number of piperidine rings is 1. The molecule has 0 spiro atoms. The molecule has 0 radical (unpaired) electrons. The van der Waals surface area contributed by atoms with Crippen molar-refractivity contribution in [1.29, 1.82) is 0 Å². The minimum Gasteiger partial charge on any atom is -0.423 e. The Morgan fingerprint density at radius 3 is 2.75 bits per heavy atom. The third kappa shape index (κ3) is 2.80. The maximum atomic E-state index is 5.93. The van der Waals surface area contributed by atoms with Gasteiger partial charge in [-0.3, -0.25) is 0 Å². The Kier molecular flexibility index (Phi) is 3.92. The van der Waals surface area contributed by atoms with Gasteiger partial charge in [0.1, 0.15) is 5.52 Å². The van der Waals surface area contributed by atoms with Gasteiger partial charge in [-0.1, -0.05) is 12.1 Å². The van der Waals surface area contributed by atoms with Crippen molar-refractivity contribution in [3.05, 3.63) is 24.3 Å². The van der Waals surface area contributed by atoms with Crippen LogP contribution in [0.25, 0.3) is 11.1 Å². The van der Waals surface area contributed by atoms with Gasteiger partial charge < -0.3 is 14.6 Å². The van der Waals surface area contributed by atoms with Crippen LogP contribution in [-0.2, 0) is 0 Å². The van der Waals surface area contributed by atoms with Gasteiger partial charge in [-0.2, -0.15) is 4.98 Å². The molecular weight excluding hydrogens is 250 g/mol. The zero-order valence-electron chi connectivity index (χ0n) is 12.3. The molecule has 3 rings (SSSR count). The van der Waals surface area contributed by atoms with E-state index < -0.39 is 0 Å². The normalized spacial score (nSPS) is 16.9. The van der Waals surface area contributed by atoms with Crippen molar-refractivity contribution in [2.45, 2.75) is 32.7 Å². The van der Waals surface area contributed by atoms with Crippen LogP contribution >= 0.6 is 0 Å². The second kappa shape index (κ2) is 5.83. The summed E-state index contributed by atoms with van der Waals surface area (Å²) < 4.78 is 5.93. The molecule has 0 bridgehead atoms. The van der Waals surface area contributed by atoms with Crippen LogP contribution < -0.4 is 10.2 Å². The summed E-state index contributed by atoms with van der Waals surface area (Å²) in [5, 5.41) is 3.42. The van der Waals surface area contributed by atoms with Gasteiger partial charge in [-0.25, -0.2) is 0 Å². The number of anilines is 1. The highest BCUT2D eigenvalue weighted by molar-refractivity contribution is 5.74. The molecule has 2 aromatic rings. The highest BCUT2D eigenvalue weighted by Crippen LogP contribution is 2.25. The van der Waals surface area contributed by atoms with Crippen molar-refractivity contribution in [3.63, 3.8) is 0 Å². The first-order valence-electron chi connectivity index (χ1n) is 7.57. The van der Waals surface area contributed by atoms with Gasteiger partial charge in [0.05, 0.1) is 0 Å².